The van der Waals surface area contributed by atoms with E-state index in [1.165, 1.54) is 48.6 Å². The Labute approximate surface area is 121 Å². The van der Waals surface area contributed by atoms with Crippen LogP contribution in [-0.2, 0) is 0 Å². The molecule has 0 N–H and O–H groups in total. The molecule has 0 heterocycles. The van der Waals surface area contributed by atoms with Gasteiger partial charge in [-0.2, -0.15) is 0 Å². The third-order valence-electron chi connectivity index (χ3n) is 4.16. The fourth-order valence-electron chi connectivity index (χ4n) is 3.32. The molecule has 0 atom stereocenters. The second-order valence-electron chi connectivity index (χ2n) is 5.26. The largest absolute Gasteiger partial charge is 0.0610 e. The average Bonchev–Trinajstić information content (AvgIpc) is 2.74. The fraction of sp³-hybridized carbons (Fsp3) is 0.111. The Morgan fingerprint density at radius 3 is 2.16 bits per heavy atom. The van der Waals surface area contributed by atoms with Gasteiger partial charge in [-0.3, -0.25) is 0 Å². The first-order chi connectivity index (χ1) is 9.18. The molecule has 0 bridgehead atoms. The number of hydrogen-bond acceptors (Lipinski definition) is 0. The highest BCUT2D eigenvalue weighted by molar-refractivity contribution is 9.10. The third-order valence-corrected chi connectivity index (χ3v) is 4.99. The molecule has 0 saturated carbocycles. The van der Waals surface area contributed by atoms with Crippen molar-refractivity contribution >= 4 is 26.7 Å². The maximum atomic E-state index is 3.69. The van der Waals surface area contributed by atoms with Gasteiger partial charge in [-0.15, -0.1) is 0 Å². The number of hydrogen-bond donors (Lipinski definition) is 0. The zero-order valence-electron chi connectivity index (χ0n) is 10.9. The monoisotopic (exact) mass is 308 g/mol. The van der Waals surface area contributed by atoms with E-state index in [9.17, 15) is 0 Å². The van der Waals surface area contributed by atoms with E-state index < -0.39 is 0 Å². The minimum absolute atomic E-state index is 1.20. The van der Waals surface area contributed by atoms with Crippen LogP contribution in [0.25, 0.3) is 33.0 Å². The summed E-state index contributed by atoms with van der Waals surface area (Å²) >= 11 is 3.69. The van der Waals surface area contributed by atoms with Gasteiger partial charge in [0.1, 0.15) is 0 Å². The summed E-state index contributed by atoms with van der Waals surface area (Å²) < 4.78 is 1.20. The van der Waals surface area contributed by atoms with Gasteiger partial charge >= 0.3 is 0 Å². The molecule has 4 rings (SSSR count). The summed E-state index contributed by atoms with van der Waals surface area (Å²) in [7, 11) is 0. The van der Waals surface area contributed by atoms with E-state index in [1.54, 1.807) is 0 Å². The molecule has 3 aromatic carbocycles. The lowest BCUT2D eigenvalue weighted by Crippen LogP contribution is -1.88. The molecule has 0 radical (unpaired) electrons. The summed E-state index contributed by atoms with van der Waals surface area (Å²) in [5.74, 6) is 0. The number of benzene rings is 3. The molecule has 3 aromatic rings. The maximum absolute atomic E-state index is 3.69. The lowest BCUT2D eigenvalue weighted by molar-refractivity contribution is 1.38. The molecule has 0 unspecified atom stereocenters. The molecular formula is C18H13Br. The van der Waals surface area contributed by atoms with Crippen LogP contribution >= 0.6 is 15.9 Å². The van der Waals surface area contributed by atoms with Crippen LogP contribution in [0.4, 0.5) is 0 Å². The topological polar surface area (TPSA) is 0 Å². The smallest absolute Gasteiger partial charge is 0.0213 e. The Morgan fingerprint density at radius 2 is 1.47 bits per heavy atom. The maximum Gasteiger partial charge on any atom is 0.0213 e. The summed E-state index contributed by atoms with van der Waals surface area (Å²) in [6, 6.07) is 15.5. The molecule has 1 aliphatic carbocycles. The Morgan fingerprint density at radius 1 is 0.842 bits per heavy atom. The van der Waals surface area contributed by atoms with Gasteiger partial charge in [0, 0.05) is 4.47 Å². The van der Waals surface area contributed by atoms with Crippen molar-refractivity contribution in [1.82, 2.24) is 0 Å². The van der Waals surface area contributed by atoms with Gasteiger partial charge < -0.3 is 0 Å². The van der Waals surface area contributed by atoms with Crippen LogP contribution in [0.2, 0.25) is 0 Å². The fourth-order valence-corrected chi connectivity index (χ4v) is 3.86. The number of rotatable bonds is 0. The molecule has 0 nitrogen and oxygen atoms in total. The predicted molar refractivity (Wildman–Crippen MR) is 85.6 cm³/mol. The molecule has 92 valence electrons. The van der Waals surface area contributed by atoms with Crippen LogP contribution < -0.4 is 0 Å². The van der Waals surface area contributed by atoms with Crippen molar-refractivity contribution in [3.63, 3.8) is 0 Å². The van der Waals surface area contributed by atoms with Crippen LogP contribution in [-0.4, -0.2) is 0 Å². The third kappa shape index (κ3) is 1.34. The number of halogens is 1. The van der Waals surface area contributed by atoms with Gasteiger partial charge in [0.2, 0.25) is 0 Å². The molecule has 1 aliphatic rings. The van der Waals surface area contributed by atoms with Gasteiger partial charge in [0.25, 0.3) is 0 Å². The van der Waals surface area contributed by atoms with E-state index in [2.05, 4.69) is 72.2 Å². The SMILES string of the molecule is Cc1cc(Br)c(C)c2c1-c1cccc3cccc-2c13. The number of fused-ring (bicyclic) bond motifs is 3. The van der Waals surface area contributed by atoms with E-state index >= 15 is 0 Å². The average molecular weight is 309 g/mol. The molecule has 0 aromatic heterocycles. The first kappa shape index (κ1) is 11.2. The lowest BCUT2D eigenvalue weighted by atomic mass is 9.95. The minimum atomic E-state index is 1.20. The van der Waals surface area contributed by atoms with E-state index in [1.807, 2.05) is 0 Å². The molecule has 0 amide bonds. The van der Waals surface area contributed by atoms with E-state index in [-0.39, 0.29) is 0 Å². The summed E-state index contributed by atoms with van der Waals surface area (Å²) in [5, 5.41) is 2.74. The quantitative estimate of drug-likeness (QED) is 0.381. The Balaban J connectivity index is 2.30. The van der Waals surface area contributed by atoms with Crippen LogP contribution in [0.1, 0.15) is 11.1 Å². The van der Waals surface area contributed by atoms with Crippen molar-refractivity contribution in [2.24, 2.45) is 0 Å². The van der Waals surface area contributed by atoms with Crippen molar-refractivity contribution in [3.05, 3.63) is 58.1 Å². The Hall–Kier alpha value is -1.60. The molecule has 0 aliphatic heterocycles. The molecule has 19 heavy (non-hydrogen) atoms. The van der Waals surface area contributed by atoms with Gasteiger partial charge in [-0.1, -0.05) is 52.3 Å². The van der Waals surface area contributed by atoms with Crippen molar-refractivity contribution < 1.29 is 0 Å². The van der Waals surface area contributed by atoms with Gasteiger partial charge in [0.15, 0.2) is 0 Å². The highest BCUT2D eigenvalue weighted by atomic mass is 79.9. The molecular weight excluding hydrogens is 296 g/mol. The molecule has 0 fully saturated rings. The van der Waals surface area contributed by atoms with Crippen LogP contribution in [0.3, 0.4) is 0 Å². The summed E-state index contributed by atoms with van der Waals surface area (Å²) in [6.07, 6.45) is 0. The van der Waals surface area contributed by atoms with Gasteiger partial charge in [0.05, 0.1) is 0 Å². The number of aryl methyl sites for hydroxylation is 1. The Bertz CT molecular complexity index is 839. The summed E-state index contributed by atoms with van der Waals surface area (Å²) in [6.45, 7) is 4.40. The highest BCUT2D eigenvalue weighted by Crippen LogP contribution is 2.51. The molecule has 0 saturated heterocycles. The van der Waals surface area contributed by atoms with Crippen molar-refractivity contribution in [3.8, 4) is 22.3 Å². The highest BCUT2D eigenvalue weighted by Gasteiger charge is 2.25. The summed E-state index contributed by atoms with van der Waals surface area (Å²) in [5.41, 5.74) is 8.26. The summed E-state index contributed by atoms with van der Waals surface area (Å²) in [4.78, 5) is 0. The first-order valence-electron chi connectivity index (χ1n) is 6.50. The van der Waals surface area contributed by atoms with Crippen LogP contribution in [0, 0.1) is 13.8 Å². The standard InChI is InChI=1S/C18H13Br/c1-10-9-15(19)11(2)17-14-8-4-6-12-5-3-7-13(16(10)17)18(12)14/h3-9H,1-2H3. The zero-order chi connectivity index (χ0) is 13.1. The van der Waals surface area contributed by atoms with E-state index in [0.29, 0.717) is 0 Å². The second-order valence-corrected chi connectivity index (χ2v) is 6.11. The normalized spacial score (nSPS) is 11.9. The first-order valence-corrected chi connectivity index (χ1v) is 7.30. The van der Waals surface area contributed by atoms with Crippen molar-refractivity contribution in [1.29, 1.82) is 0 Å². The molecule has 1 heteroatoms. The van der Waals surface area contributed by atoms with E-state index in [4.69, 9.17) is 0 Å². The van der Waals surface area contributed by atoms with Crippen LogP contribution in [0.15, 0.2) is 46.9 Å². The predicted octanol–water partition coefficient (Wildman–Crippen LogP) is 5.87. The van der Waals surface area contributed by atoms with Gasteiger partial charge in [-0.05, 0) is 64.1 Å². The van der Waals surface area contributed by atoms with Crippen molar-refractivity contribution in [2.75, 3.05) is 0 Å². The van der Waals surface area contributed by atoms with Crippen molar-refractivity contribution in [2.45, 2.75) is 13.8 Å². The second kappa shape index (κ2) is 3.71. The van der Waals surface area contributed by atoms with Gasteiger partial charge in [-0.25, -0.2) is 0 Å². The lowest BCUT2D eigenvalue weighted by Gasteiger charge is -2.11. The molecule has 0 spiro atoms. The Kier molecular flexibility index (Phi) is 2.19. The minimum Gasteiger partial charge on any atom is -0.0610 e. The van der Waals surface area contributed by atoms with Crippen LogP contribution in [0.5, 0.6) is 0 Å². The zero-order valence-corrected chi connectivity index (χ0v) is 12.5. The van der Waals surface area contributed by atoms with E-state index in [0.717, 1.165) is 0 Å².